The van der Waals surface area contributed by atoms with Gasteiger partial charge in [-0.25, -0.2) is 9.78 Å². The molecule has 7 nitrogen and oxygen atoms in total. The Morgan fingerprint density at radius 2 is 2.17 bits per heavy atom. The fraction of sp³-hybridized carbons (Fsp3) is 0.250. The van der Waals surface area contributed by atoms with Crippen molar-refractivity contribution in [1.29, 1.82) is 0 Å². The lowest BCUT2D eigenvalue weighted by atomic mass is 10.1. The van der Waals surface area contributed by atoms with Crippen LogP contribution >= 0.6 is 11.3 Å². The standard InChI is InChI=1S/C16H15N3O4S/c1-2-22-15(21)12-9-24-16(17-12)18-14(20)13-8-11(19-23-13)10-6-4-3-5-7-10/h3-7,9,13H,2,8H2,1H3,(H,17,18,20)/t13-/m0/s1. The summed E-state index contributed by atoms with van der Waals surface area (Å²) in [5, 5.41) is 8.46. The highest BCUT2D eigenvalue weighted by Gasteiger charge is 2.29. The minimum Gasteiger partial charge on any atom is -0.461 e. The number of rotatable bonds is 5. The fourth-order valence-electron chi connectivity index (χ4n) is 2.13. The number of hydrogen-bond donors (Lipinski definition) is 1. The lowest BCUT2D eigenvalue weighted by Crippen LogP contribution is -2.28. The van der Waals surface area contributed by atoms with Gasteiger partial charge in [0.25, 0.3) is 5.91 Å². The lowest BCUT2D eigenvalue weighted by molar-refractivity contribution is -0.125. The van der Waals surface area contributed by atoms with Crippen LogP contribution < -0.4 is 5.32 Å². The van der Waals surface area contributed by atoms with Crippen molar-refractivity contribution in [2.24, 2.45) is 5.16 Å². The first kappa shape index (κ1) is 16.1. The summed E-state index contributed by atoms with van der Waals surface area (Å²) >= 11 is 1.15. The molecule has 1 aliphatic heterocycles. The molecule has 0 spiro atoms. The highest BCUT2D eigenvalue weighted by atomic mass is 32.1. The maximum atomic E-state index is 12.2. The Bertz CT molecular complexity index is 773. The number of amides is 1. The van der Waals surface area contributed by atoms with Crippen molar-refractivity contribution in [2.75, 3.05) is 11.9 Å². The molecule has 0 saturated heterocycles. The third-order valence-corrected chi connectivity index (χ3v) is 4.04. The summed E-state index contributed by atoms with van der Waals surface area (Å²) in [6.45, 7) is 1.99. The monoisotopic (exact) mass is 345 g/mol. The molecule has 0 fully saturated rings. The van der Waals surface area contributed by atoms with Crippen LogP contribution in [0.2, 0.25) is 0 Å². The third-order valence-electron chi connectivity index (χ3n) is 3.29. The summed E-state index contributed by atoms with van der Waals surface area (Å²) in [4.78, 5) is 33.0. The molecule has 3 rings (SSSR count). The first-order chi connectivity index (χ1) is 11.7. The van der Waals surface area contributed by atoms with Gasteiger partial charge in [-0.3, -0.25) is 10.1 Å². The second-order valence-electron chi connectivity index (χ2n) is 4.95. The Morgan fingerprint density at radius 3 is 2.92 bits per heavy atom. The van der Waals surface area contributed by atoms with Gasteiger partial charge in [0.05, 0.1) is 12.3 Å². The second-order valence-corrected chi connectivity index (χ2v) is 5.81. The number of aromatic nitrogens is 1. The van der Waals surface area contributed by atoms with E-state index in [1.807, 2.05) is 30.3 Å². The summed E-state index contributed by atoms with van der Waals surface area (Å²) in [5.74, 6) is -0.865. The van der Waals surface area contributed by atoms with Gasteiger partial charge in [0, 0.05) is 11.8 Å². The zero-order chi connectivity index (χ0) is 16.9. The average Bonchev–Trinajstić information content (AvgIpc) is 3.25. The predicted octanol–water partition coefficient (Wildman–Crippen LogP) is 2.45. The molecule has 1 aromatic carbocycles. The number of carbonyl (C=O) groups is 2. The van der Waals surface area contributed by atoms with E-state index in [0.29, 0.717) is 11.6 Å². The molecular formula is C16H15N3O4S. The number of hydrogen-bond acceptors (Lipinski definition) is 7. The van der Waals surface area contributed by atoms with Crippen molar-refractivity contribution >= 4 is 34.1 Å². The Kier molecular flexibility index (Phi) is 4.85. The minimum absolute atomic E-state index is 0.172. The molecule has 8 heteroatoms. The van der Waals surface area contributed by atoms with E-state index >= 15 is 0 Å². The molecule has 0 radical (unpaired) electrons. The number of anilines is 1. The van der Waals surface area contributed by atoms with Crippen LogP contribution in [0.5, 0.6) is 0 Å². The molecule has 0 saturated carbocycles. The van der Waals surface area contributed by atoms with Gasteiger partial charge in [-0.2, -0.15) is 0 Å². The van der Waals surface area contributed by atoms with Crippen LogP contribution in [0.15, 0.2) is 40.9 Å². The molecular weight excluding hydrogens is 330 g/mol. The van der Waals surface area contributed by atoms with E-state index in [-0.39, 0.29) is 18.2 Å². The summed E-state index contributed by atoms with van der Waals surface area (Å²) in [5.41, 5.74) is 1.82. The smallest absolute Gasteiger partial charge is 0.357 e. The number of esters is 1. The van der Waals surface area contributed by atoms with Crippen LogP contribution in [0.1, 0.15) is 29.4 Å². The first-order valence-corrected chi connectivity index (χ1v) is 8.27. The second kappa shape index (κ2) is 7.22. The van der Waals surface area contributed by atoms with E-state index < -0.39 is 12.1 Å². The Morgan fingerprint density at radius 1 is 1.38 bits per heavy atom. The first-order valence-electron chi connectivity index (χ1n) is 7.39. The van der Waals surface area contributed by atoms with E-state index in [1.165, 1.54) is 5.38 Å². The molecule has 1 N–H and O–H groups in total. The van der Waals surface area contributed by atoms with Gasteiger partial charge in [-0.1, -0.05) is 35.5 Å². The van der Waals surface area contributed by atoms with Crippen molar-refractivity contribution in [3.05, 3.63) is 47.0 Å². The van der Waals surface area contributed by atoms with Gasteiger partial charge < -0.3 is 9.57 Å². The molecule has 1 amide bonds. The van der Waals surface area contributed by atoms with E-state index in [2.05, 4.69) is 15.5 Å². The average molecular weight is 345 g/mol. The number of nitrogens with zero attached hydrogens (tertiary/aromatic N) is 2. The number of carbonyl (C=O) groups excluding carboxylic acids is 2. The summed E-state index contributed by atoms with van der Waals surface area (Å²) in [6, 6.07) is 9.53. The number of nitrogens with one attached hydrogen (secondary N) is 1. The zero-order valence-electron chi connectivity index (χ0n) is 12.9. The Hall–Kier alpha value is -2.74. The fourth-order valence-corrected chi connectivity index (χ4v) is 2.82. The minimum atomic E-state index is -0.713. The van der Waals surface area contributed by atoms with Gasteiger partial charge in [0.15, 0.2) is 10.8 Å². The maximum absolute atomic E-state index is 12.2. The van der Waals surface area contributed by atoms with Gasteiger partial charge in [-0.05, 0) is 12.5 Å². The molecule has 2 aromatic rings. The quantitative estimate of drug-likeness (QED) is 0.841. The number of oxime groups is 1. The van der Waals surface area contributed by atoms with Crippen molar-refractivity contribution in [3.63, 3.8) is 0 Å². The predicted molar refractivity (Wildman–Crippen MR) is 89.2 cm³/mol. The van der Waals surface area contributed by atoms with Crippen LogP contribution in [0.4, 0.5) is 5.13 Å². The molecule has 0 aliphatic carbocycles. The van der Waals surface area contributed by atoms with E-state index in [1.54, 1.807) is 6.92 Å². The Balaban J connectivity index is 1.58. The van der Waals surface area contributed by atoms with E-state index in [4.69, 9.17) is 9.57 Å². The molecule has 1 atom stereocenters. The number of ether oxygens (including phenoxy) is 1. The normalized spacial score (nSPS) is 16.2. The van der Waals surface area contributed by atoms with Crippen molar-refractivity contribution in [3.8, 4) is 0 Å². The van der Waals surface area contributed by atoms with Crippen LogP contribution in [-0.2, 0) is 14.4 Å². The highest BCUT2D eigenvalue weighted by Crippen LogP contribution is 2.20. The highest BCUT2D eigenvalue weighted by molar-refractivity contribution is 7.14. The molecule has 0 unspecified atom stereocenters. The van der Waals surface area contributed by atoms with Crippen molar-refractivity contribution in [1.82, 2.24) is 4.98 Å². The van der Waals surface area contributed by atoms with Gasteiger partial charge in [0.2, 0.25) is 6.10 Å². The molecule has 124 valence electrons. The SMILES string of the molecule is CCOC(=O)c1csc(NC(=O)[C@@H]2CC(c3ccccc3)=NO2)n1. The molecule has 2 heterocycles. The lowest BCUT2D eigenvalue weighted by Gasteiger charge is -2.06. The van der Waals surface area contributed by atoms with Crippen molar-refractivity contribution < 1.29 is 19.2 Å². The summed E-state index contributed by atoms with van der Waals surface area (Å²) in [7, 11) is 0. The molecule has 1 aliphatic rings. The summed E-state index contributed by atoms with van der Waals surface area (Å²) < 4.78 is 4.86. The molecule has 24 heavy (non-hydrogen) atoms. The van der Waals surface area contributed by atoms with Crippen LogP contribution in [0, 0.1) is 0 Å². The van der Waals surface area contributed by atoms with Gasteiger partial charge in [-0.15, -0.1) is 11.3 Å². The van der Waals surface area contributed by atoms with Gasteiger partial charge >= 0.3 is 5.97 Å². The topological polar surface area (TPSA) is 89.9 Å². The zero-order valence-corrected chi connectivity index (χ0v) is 13.7. The van der Waals surface area contributed by atoms with E-state index in [9.17, 15) is 9.59 Å². The van der Waals surface area contributed by atoms with Crippen LogP contribution in [0.3, 0.4) is 0 Å². The van der Waals surface area contributed by atoms with E-state index in [0.717, 1.165) is 22.6 Å². The van der Waals surface area contributed by atoms with Crippen LogP contribution in [0.25, 0.3) is 0 Å². The third kappa shape index (κ3) is 3.60. The summed E-state index contributed by atoms with van der Waals surface area (Å²) in [6.07, 6.45) is -0.332. The maximum Gasteiger partial charge on any atom is 0.357 e. The largest absolute Gasteiger partial charge is 0.461 e. The Labute approximate surface area is 142 Å². The number of thiazole rings is 1. The molecule has 1 aromatic heterocycles. The molecule has 0 bridgehead atoms. The van der Waals surface area contributed by atoms with Gasteiger partial charge in [0.1, 0.15) is 0 Å². The number of benzene rings is 1. The van der Waals surface area contributed by atoms with Crippen molar-refractivity contribution in [2.45, 2.75) is 19.4 Å². The van der Waals surface area contributed by atoms with Crippen LogP contribution in [-0.4, -0.2) is 35.3 Å².